The monoisotopic (exact) mass is 413 g/mol. The molecule has 0 bridgehead atoms. The number of sulfonamides is 1. The summed E-state index contributed by atoms with van der Waals surface area (Å²) in [5, 5.41) is 5.22. The van der Waals surface area contributed by atoms with Gasteiger partial charge >= 0.3 is 0 Å². The zero-order valence-electron chi connectivity index (χ0n) is 14.9. The van der Waals surface area contributed by atoms with Gasteiger partial charge in [-0.15, -0.1) is 0 Å². The van der Waals surface area contributed by atoms with Crippen LogP contribution < -0.4 is 9.88 Å². The van der Waals surface area contributed by atoms with Crippen LogP contribution in [0.1, 0.15) is 5.56 Å². The van der Waals surface area contributed by atoms with Crippen molar-refractivity contribution in [2.24, 2.45) is 5.14 Å². The molecule has 0 radical (unpaired) electrons. The van der Waals surface area contributed by atoms with Crippen LogP contribution in [0.4, 0.5) is 4.39 Å². The molecule has 6 nitrogen and oxygen atoms in total. The van der Waals surface area contributed by atoms with Gasteiger partial charge in [0.25, 0.3) is 0 Å². The molecule has 0 atom stereocenters. The molecule has 1 saturated heterocycles. The average Bonchev–Trinajstić information content (AvgIpc) is 2.60. The Balaban J connectivity index is 1.90. The lowest BCUT2D eigenvalue weighted by Gasteiger charge is -2.32. The fourth-order valence-corrected chi connectivity index (χ4v) is 3.60. The number of rotatable bonds is 5. The molecule has 1 aliphatic heterocycles. The first kappa shape index (κ1) is 20.0. The minimum atomic E-state index is -3.83. The Morgan fingerprint density at radius 3 is 2.48 bits per heavy atom. The fraction of sp³-hybridized carbons (Fsp3) is 0.333. The standard InChI is InChI=1S/C18H21ClFN3O3S/c1-22-6-8-23(9-7-22)12-13-10-15(27(21,24)25)3-5-18(13)26-14-2-4-17(20)16(19)11-14/h2-5,10-11H,6-9,12H2,1H3,(H2,21,24,25). The second-order valence-electron chi connectivity index (χ2n) is 6.57. The van der Waals surface area contributed by atoms with Crippen molar-refractivity contribution in [2.45, 2.75) is 11.4 Å². The number of nitrogens with zero attached hydrogens (tertiary/aromatic N) is 2. The molecule has 0 aromatic heterocycles. The van der Waals surface area contributed by atoms with Gasteiger partial charge in [0.1, 0.15) is 17.3 Å². The summed E-state index contributed by atoms with van der Waals surface area (Å²) >= 11 is 5.81. The smallest absolute Gasteiger partial charge is 0.238 e. The van der Waals surface area contributed by atoms with Crippen LogP contribution in [0.15, 0.2) is 41.3 Å². The minimum Gasteiger partial charge on any atom is -0.457 e. The summed E-state index contributed by atoms with van der Waals surface area (Å²) in [6.07, 6.45) is 0. The second kappa shape index (κ2) is 8.12. The summed E-state index contributed by atoms with van der Waals surface area (Å²) in [5.74, 6) is 0.305. The normalized spacial score (nSPS) is 16.4. The van der Waals surface area contributed by atoms with Gasteiger partial charge in [-0.25, -0.2) is 17.9 Å². The zero-order valence-corrected chi connectivity index (χ0v) is 16.4. The van der Waals surface area contributed by atoms with Gasteiger partial charge in [-0.1, -0.05) is 11.6 Å². The van der Waals surface area contributed by atoms with E-state index in [2.05, 4.69) is 16.8 Å². The first-order valence-electron chi connectivity index (χ1n) is 8.42. The third-order valence-corrected chi connectivity index (χ3v) is 5.67. The van der Waals surface area contributed by atoms with E-state index >= 15 is 0 Å². The number of piperazine rings is 1. The Labute approximate surface area is 163 Å². The Kier molecular flexibility index (Phi) is 6.02. The van der Waals surface area contributed by atoms with Crippen molar-refractivity contribution in [2.75, 3.05) is 33.2 Å². The lowest BCUT2D eigenvalue weighted by Crippen LogP contribution is -2.43. The van der Waals surface area contributed by atoms with Crippen molar-refractivity contribution in [3.05, 3.63) is 52.8 Å². The summed E-state index contributed by atoms with van der Waals surface area (Å²) in [6, 6.07) is 8.54. The van der Waals surface area contributed by atoms with Crippen molar-refractivity contribution in [3.63, 3.8) is 0 Å². The molecular weight excluding hydrogens is 393 g/mol. The summed E-state index contributed by atoms with van der Waals surface area (Å²) < 4.78 is 42.7. The van der Waals surface area contributed by atoms with Crippen LogP contribution in [-0.2, 0) is 16.6 Å². The van der Waals surface area contributed by atoms with Gasteiger partial charge in [0.05, 0.1) is 9.92 Å². The zero-order chi connectivity index (χ0) is 19.6. The molecule has 0 amide bonds. The van der Waals surface area contributed by atoms with Crippen LogP contribution in [-0.4, -0.2) is 51.4 Å². The van der Waals surface area contributed by atoms with Crippen molar-refractivity contribution in [1.82, 2.24) is 9.80 Å². The van der Waals surface area contributed by atoms with Gasteiger partial charge in [-0.05, 0) is 37.4 Å². The lowest BCUT2D eigenvalue weighted by molar-refractivity contribution is 0.147. The van der Waals surface area contributed by atoms with E-state index in [1.54, 1.807) is 6.07 Å². The molecule has 1 aliphatic rings. The highest BCUT2D eigenvalue weighted by Crippen LogP contribution is 2.31. The third-order valence-electron chi connectivity index (χ3n) is 4.47. The maximum absolute atomic E-state index is 13.4. The minimum absolute atomic E-state index is 0.0242. The first-order valence-corrected chi connectivity index (χ1v) is 10.3. The van der Waals surface area contributed by atoms with Crippen LogP contribution in [0.2, 0.25) is 5.02 Å². The number of nitrogens with two attached hydrogens (primary N) is 1. The summed E-state index contributed by atoms with van der Waals surface area (Å²) in [6.45, 7) is 4.09. The molecule has 146 valence electrons. The third kappa shape index (κ3) is 5.18. The van der Waals surface area contributed by atoms with Gasteiger partial charge in [0.2, 0.25) is 10.0 Å². The number of primary sulfonamides is 1. The first-order chi connectivity index (χ1) is 12.7. The van der Waals surface area contributed by atoms with Gasteiger partial charge in [0.15, 0.2) is 0 Å². The van der Waals surface area contributed by atoms with E-state index in [-0.39, 0.29) is 9.92 Å². The van der Waals surface area contributed by atoms with E-state index in [9.17, 15) is 12.8 Å². The average molecular weight is 414 g/mol. The lowest BCUT2D eigenvalue weighted by atomic mass is 10.1. The van der Waals surface area contributed by atoms with Crippen molar-refractivity contribution < 1.29 is 17.5 Å². The van der Waals surface area contributed by atoms with Crippen LogP contribution in [0.25, 0.3) is 0 Å². The van der Waals surface area contributed by atoms with Gasteiger partial charge in [0, 0.05) is 44.4 Å². The van der Waals surface area contributed by atoms with Crippen LogP contribution in [0, 0.1) is 5.82 Å². The fourth-order valence-electron chi connectivity index (χ4n) is 2.87. The number of hydrogen-bond donors (Lipinski definition) is 1. The molecule has 0 aliphatic carbocycles. The molecule has 27 heavy (non-hydrogen) atoms. The number of halogens is 2. The molecule has 2 N–H and O–H groups in total. The number of benzene rings is 2. The quantitative estimate of drug-likeness (QED) is 0.815. The number of hydrogen-bond acceptors (Lipinski definition) is 5. The molecule has 9 heteroatoms. The highest BCUT2D eigenvalue weighted by Gasteiger charge is 2.19. The van der Waals surface area contributed by atoms with Crippen LogP contribution in [0.3, 0.4) is 0 Å². The van der Waals surface area contributed by atoms with Crippen molar-refractivity contribution in [1.29, 1.82) is 0 Å². The van der Waals surface area contributed by atoms with E-state index in [0.717, 1.165) is 26.2 Å². The van der Waals surface area contributed by atoms with E-state index < -0.39 is 15.8 Å². The Morgan fingerprint density at radius 1 is 1.15 bits per heavy atom. The van der Waals surface area contributed by atoms with Crippen LogP contribution in [0.5, 0.6) is 11.5 Å². The summed E-state index contributed by atoms with van der Waals surface area (Å²) in [7, 11) is -1.77. The molecule has 1 heterocycles. The number of ether oxygens (including phenoxy) is 1. The predicted molar refractivity (Wildman–Crippen MR) is 102 cm³/mol. The van der Waals surface area contributed by atoms with Crippen molar-refractivity contribution in [3.8, 4) is 11.5 Å². The largest absolute Gasteiger partial charge is 0.457 e. The highest BCUT2D eigenvalue weighted by atomic mass is 35.5. The van der Waals surface area contributed by atoms with E-state index in [0.29, 0.717) is 23.6 Å². The molecule has 0 saturated carbocycles. The van der Waals surface area contributed by atoms with Crippen LogP contribution >= 0.6 is 11.6 Å². The molecule has 3 rings (SSSR count). The Bertz CT molecular complexity index is 931. The molecule has 2 aromatic carbocycles. The SMILES string of the molecule is CN1CCN(Cc2cc(S(N)(=O)=O)ccc2Oc2ccc(F)c(Cl)c2)CC1. The van der Waals surface area contributed by atoms with Gasteiger partial charge in [-0.2, -0.15) is 0 Å². The summed E-state index contributed by atoms with van der Waals surface area (Å²) in [4.78, 5) is 4.47. The predicted octanol–water partition coefficient (Wildman–Crippen LogP) is 2.67. The van der Waals surface area contributed by atoms with Crippen molar-refractivity contribution >= 4 is 21.6 Å². The Hall–Kier alpha value is -1.71. The highest BCUT2D eigenvalue weighted by molar-refractivity contribution is 7.89. The molecule has 1 fully saturated rings. The Morgan fingerprint density at radius 2 is 1.85 bits per heavy atom. The molecular formula is C18H21ClFN3O3S. The number of likely N-dealkylation sites (N-methyl/N-ethyl adjacent to an activating group) is 1. The molecule has 0 unspecified atom stereocenters. The molecule has 0 spiro atoms. The van der Waals surface area contributed by atoms with E-state index in [1.165, 1.54) is 30.3 Å². The maximum Gasteiger partial charge on any atom is 0.238 e. The molecule has 2 aromatic rings. The van der Waals surface area contributed by atoms with Gasteiger partial charge < -0.3 is 9.64 Å². The second-order valence-corrected chi connectivity index (χ2v) is 8.54. The summed E-state index contributed by atoms with van der Waals surface area (Å²) in [5.41, 5.74) is 0.687. The topological polar surface area (TPSA) is 75.9 Å². The maximum atomic E-state index is 13.4. The van der Waals surface area contributed by atoms with E-state index in [1.807, 2.05) is 0 Å². The van der Waals surface area contributed by atoms with Gasteiger partial charge in [-0.3, -0.25) is 4.90 Å². The van der Waals surface area contributed by atoms with E-state index in [4.69, 9.17) is 21.5 Å².